The summed E-state index contributed by atoms with van der Waals surface area (Å²) in [6.45, 7) is 2.08. The van der Waals surface area contributed by atoms with E-state index < -0.39 is 23.7 Å². The Labute approximate surface area is 226 Å². The molecule has 188 valence electrons. The fourth-order valence-corrected chi connectivity index (χ4v) is 5.27. The second-order valence-electron chi connectivity index (χ2n) is 7.42. The largest absolute Gasteiger partial charge is 0.491 e. The summed E-state index contributed by atoms with van der Waals surface area (Å²) in [6.07, 6.45) is 0. The first-order valence-electron chi connectivity index (χ1n) is 10.5. The van der Waals surface area contributed by atoms with Crippen LogP contribution in [0.5, 0.6) is 5.75 Å². The molecule has 0 bridgehead atoms. The van der Waals surface area contributed by atoms with Crippen molar-refractivity contribution >= 4 is 70.0 Å². The highest BCUT2D eigenvalue weighted by Crippen LogP contribution is 2.44. The van der Waals surface area contributed by atoms with Gasteiger partial charge in [0.05, 0.1) is 46.2 Å². The number of anilines is 1. The zero-order chi connectivity index (χ0) is 26.4. The molecule has 2 N–H and O–H groups in total. The molecule has 0 saturated heterocycles. The Kier molecular flexibility index (Phi) is 9.51. The minimum Gasteiger partial charge on any atom is -0.491 e. The van der Waals surface area contributed by atoms with Gasteiger partial charge in [0.1, 0.15) is 5.92 Å². The number of benzene rings is 2. The highest BCUT2D eigenvalue weighted by Gasteiger charge is 2.44. The van der Waals surface area contributed by atoms with E-state index in [0.717, 1.165) is 18.9 Å². The summed E-state index contributed by atoms with van der Waals surface area (Å²) < 4.78 is 10.3. The Hall–Kier alpha value is -2.90. The van der Waals surface area contributed by atoms with Crippen LogP contribution < -0.4 is 15.4 Å². The molecule has 2 aromatic rings. The highest BCUT2D eigenvalue weighted by atomic mass is 35.5. The van der Waals surface area contributed by atoms with Gasteiger partial charge in [-0.15, -0.1) is 0 Å². The number of allylic oxidation sites excluding steroid dienone is 1. The number of nitrogens with one attached hydrogen (secondary N) is 2. The number of halogens is 3. The van der Waals surface area contributed by atoms with E-state index in [1.807, 2.05) is 0 Å². The van der Waals surface area contributed by atoms with Crippen LogP contribution in [-0.4, -0.2) is 37.3 Å². The van der Waals surface area contributed by atoms with Gasteiger partial charge in [0.2, 0.25) is 11.8 Å². The third-order valence-electron chi connectivity index (χ3n) is 5.11. The molecule has 1 aliphatic rings. The molecule has 0 radical (unpaired) electrons. The van der Waals surface area contributed by atoms with Gasteiger partial charge in [0.25, 0.3) is 0 Å². The number of hydrogen-bond acceptors (Lipinski definition) is 7. The summed E-state index contributed by atoms with van der Waals surface area (Å²) in [7, 11) is 1.14. The lowest BCUT2D eigenvalue weighted by atomic mass is 9.78. The SMILES string of the molecule is CCOc1c(Cl)cc([C@@H]2C(C#N)=C(SCC(=O)Nc3cccc(Cl)c3)NC(=O)[C@H]2C(=O)OC)cc1Cl. The third-order valence-corrected chi connectivity index (χ3v) is 6.92. The van der Waals surface area contributed by atoms with Gasteiger partial charge < -0.3 is 20.1 Å². The molecule has 0 aromatic heterocycles. The highest BCUT2D eigenvalue weighted by molar-refractivity contribution is 8.03. The number of thioether (sulfide) groups is 1. The van der Waals surface area contributed by atoms with Crippen molar-refractivity contribution in [2.24, 2.45) is 5.92 Å². The molecule has 0 fully saturated rings. The monoisotopic (exact) mass is 567 g/mol. The summed E-state index contributed by atoms with van der Waals surface area (Å²) in [6, 6.07) is 11.7. The molecule has 12 heteroatoms. The number of ether oxygens (including phenoxy) is 2. The fraction of sp³-hybridized carbons (Fsp3) is 0.250. The first-order valence-corrected chi connectivity index (χ1v) is 12.6. The van der Waals surface area contributed by atoms with Crippen LogP contribution in [-0.2, 0) is 19.1 Å². The number of carbonyl (C=O) groups is 3. The van der Waals surface area contributed by atoms with Gasteiger partial charge in [-0.3, -0.25) is 14.4 Å². The zero-order valence-electron chi connectivity index (χ0n) is 19.1. The lowest BCUT2D eigenvalue weighted by Gasteiger charge is -2.31. The Bertz CT molecular complexity index is 1250. The van der Waals surface area contributed by atoms with Crippen LogP contribution in [0.2, 0.25) is 15.1 Å². The van der Waals surface area contributed by atoms with Crippen LogP contribution >= 0.6 is 46.6 Å². The number of amides is 2. The maximum Gasteiger partial charge on any atom is 0.319 e. The van der Waals surface area contributed by atoms with Crippen LogP contribution in [0.25, 0.3) is 0 Å². The Balaban J connectivity index is 1.97. The lowest BCUT2D eigenvalue weighted by Crippen LogP contribution is -2.44. The normalized spacial score (nSPS) is 17.2. The maximum atomic E-state index is 13.0. The lowest BCUT2D eigenvalue weighted by molar-refractivity contribution is -0.150. The van der Waals surface area contributed by atoms with E-state index in [1.54, 1.807) is 31.2 Å². The van der Waals surface area contributed by atoms with Crippen molar-refractivity contribution in [2.75, 3.05) is 24.8 Å². The number of hydrogen-bond donors (Lipinski definition) is 2. The first kappa shape index (κ1) is 27.7. The number of rotatable bonds is 8. The van der Waals surface area contributed by atoms with Crippen molar-refractivity contribution in [3.05, 3.63) is 67.6 Å². The second kappa shape index (κ2) is 12.4. The first-order chi connectivity index (χ1) is 17.2. The number of methoxy groups -OCH3 is 1. The van der Waals surface area contributed by atoms with Crippen LogP contribution in [0.4, 0.5) is 5.69 Å². The summed E-state index contributed by atoms with van der Waals surface area (Å²) >= 11 is 19.6. The van der Waals surface area contributed by atoms with Gasteiger partial charge in [0.15, 0.2) is 5.75 Å². The van der Waals surface area contributed by atoms with Gasteiger partial charge in [0, 0.05) is 16.6 Å². The summed E-state index contributed by atoms with van der Waals surface area (Å²) in [5.74, 6) is -4.24. The number of nitrogens with zero attached hydrogens (tertiary/aromatic N) is 1. The van der Waals surface area contributed by atoms with Crippen molar-refractivity contribution in [1.29, 1.82) is 5.26 Å². The molecule has 3 rings (SSSR count). The molecular weight excluding hydrogens is 549 g/mol. The van der Waals surface area contributed by atoms with E-state index in [0.29, 0.717) is 22.9 Å². The van der Waals surface area contributed by atoms with Gasteiger partial charge in [-0.25, -0.2) is 0 Å². The van der Waals surface area contributed by atoms with E-state index in [-0.39, 0.29) is 38.1 Å². The molecule has 0 saturated carbocycles. The van der Waals surface area contributed by atoms with E-state index in [1.165, 1.54) is 12.1 Å². The second-order valence-corrected chi connectivity index (χ2v) is 9.65. The van der Waals surface area contributed by atoms with Gasteiger partial charge >= 0.3 is 5.97 Å². The Morgan fingerprint density at radius 1 is 1.19 bits per heavy atom. The quantitative estimate of drug-likeness (QED) is 0.334. The number of esters is 1. The predicted octanol–water partition coefficient (Wildman–Crippen LogP) is 5.16. The topological polar surface area (TPSA) is 118 Å². The minimum atomic E-state index is -1.38. The molecule has 0 unspecified atom stereocenters. The molecule has 2 atom stereocenters. The maximum absolute atomic E-state index is 13.0. The van der Waals surface area contributed by atoms with Gasteiger partial charge in [-0.2, -0.15) is 5.26 Å². The van der Waals surface area contributed by atoms with Crippen molar-refractivity contribution in [3.8, 4) is 11.8 Å². The third kappa shape index (κ3) is 6.26. The van der Waals surface area contributed by atoms with Crippen molar-refractivity contribution in [2.45, 2.75) is 12.8 Å². The van der Waals surface area contributed by atoms with Crippen LogP contribution in [0, 0.1) is 17.2 Å². The average molecular weight is 569 g/mol. The van der Waals surface area contributed by atoms with E-state index in [9.17, 15) is 19.6 Å². The molecule has 8 nitrogen and oxygen atoms in total. The van der Waals surface area contributed by atoms with E-state index in [2.05, 4.69) is 16.7 Å². The number of nitriles is 1. The van der Waals surface area contributed by atoms with E-state index in [4.69, 9.17) is 44.3 Å². The van der Waals surface area contributed by atoms with Gasteiger partial charge in [-0.1, -0.05) is 52.6 Å². The number of carbonyl (C=O) groups excluding carboxylic acids is 3. The van der Waals surface area contributed by atoms with Crippen molar-refractivity contribution in [1.82, 2.24) is 5.32 Å². The summed E-state index contributed by atoms with van der Waals surface area (Å²) in [4.78, 5) is 38.1. The molecule has 2 aromatic carbocycles. The Morgan fingerprint density at radius 3 is 2.47 bits per heavy atom. The van der Waals surface area contributed by atoms with Crippen LogP contribution in [0.1, 0.15) is 18.4 Å². The van der Waals surface area contributed by atoms with Gasteiger partial charge in [-0.05, 0) is 42.8 Å². The fourth-order valence-electron chi connectivity index (χ4n) is 3.62. The van der Waals surface area contributed by atoms with Crippen molar-refractivity contribution < 1.29 is 23.9 Å². The Morgan fingerprint density at radius 2 is 1.89 bits per heavy atom. The molecule has 1 heterocycles. The average Bonchev–Trinajstić information content (AvgIpc) is 2.83. The zero-order valence-corrected chi connectivity index (χ0v) is 22.1. The molecule has 36 heavy (non-hydrogen) atoms. The minimum absolute atomic E-state index is 0.0573. The van der Waals surface area contributed by atoms with Crippen LogP contribution in [0.15, 0.2) is 47.0 Å². The van der Waals surface area contributed by atoms with Crippen LogP contribution in [0.3, 0.4) is 0 Å². The standard InChI is InChI=1S/C24H20Cl3N3O5S/c1-3-35-21-16(26)7-12(8-17(21)27)19-15(10-28)23(30-22(32)20(19)24(33)34-2)36-11-18(31)29-14-6-4-5-13(25)9-14/h4-9,19-20H,3,11H2,1-2H3,(H,29,31)(H,30,32)/t19-,20+/m1/s1. The summed E-state index contributed by atoms with van der Waals surface area (Å²) in [5, 5.41) is 16.2. The predicted molar refractivity (Wildman–Crippen MR) is 139 cm³/mol. The molecule has 2 amide bonds. The smallest absolute Gasteiger partial charge is 0.319 e. The molecule has 0 aliphatic carbocycles. The molecule has 0 spiro atoms. The molecular formula is C24H20Cl3N3O5S. The van der Waals surface area contributed by atoms with E-state index >= 15 is 0 Å². The summed E-state index contributed by atoms with van der Waals surface area (Å²) in [5.41, 5.74) is 0.899. The molecule has 1 aliphatic heterocycles. The van der Waals surface area contributed by atoms with Crippen molar-refractivity contribution in [3.63, 3.8) is 0 Å².